The summed E-state index contributed by atoms with van der Waals surface area (Å²) in [5.74, 6) is -2.01. The quantitative estimate of drug-likeness (QED) is 0.678. The number of amides is 4. The molecule has 0 bridgehead atoms. The Balaban J connectivity index is 2.29. The van der Waals surface area contributed by atoms with Crippen molar-refractivity contribution in [2.24, 2.45) is 0 Å². The van der Waals surface area contributed by atoms with Crippen LogP contribution in [0, 0.1) is 0 Å². The lowest BCUT2D eigenvalue weighted by molar-refractivity contribution is -0.150. The topological polar surface area (TPSA) is 83.6 Å². The highest BCUT2D eigenvalue weighted by Gasteiger charge is 2.43. The summed E-state index contributed by atoms with van der Waals surface area (Å²) in [4.78, 5) is 47.5. The fourth-order valence-corrected chi connectivity index (χ4v) is 2.13. The van der Waals surface area contributed by atoms with E-state index in [0.717, 1.165) is 4.90 Å². The normalized spacial score (nSPS) is 24.7. The molecule has 0 aromatic heterocycles. The van der Waals surface area contributed by atoms with Crippen LogP contribution in [0.15, 0.2) is 23.8 Å². The average molecular weight is 248 g/mol. The smallest absolute Gasteiger partial charge is 0.261 e. The zero-order valence-electron chi connectivity index (χ0n) is 9.86. The lowest BCUT2D eigenvalue weighted by Gasteiger charge is -2.28. The predicted octanol–water partition coefficient (Wildman–Crippen LogP) is -0.337. The molecule has 2 heterocycles. The maximum atomic E-state index is 12.0. The Morgan fingerprint density at radius 3 is 2.44 bits per heavy atom. The fourth-order valence-electron chi connectivity index (χ4n) is 2.13. The Labute approximate surface area is 103 Å². The molecule has 0 spiro atoms. The first-order valence-electron chi connectivity index (χ1n) is 5.52. The molecular weight excluding hydrogens is 236 g/mol. The van der Waals surface area contributed by atoms with Gasteiger partial charge in [0.05, 0.1) is 0 Å². The van der Waals surface area contributed by atoms with Crippen molar-refractivity contribution in [3.8, 4) is 0 Å². The molecule has 0 aromatic carbocycles. The number of hydrogen-bond donors (Lipinski definition) is 1. The molecule has 0 aliphatic carbocycles. The standard InChI is InChI=1S/C12H12N2O4/c1-3-7-6(2)11(17)14(12(7)18)8-4-5-9(15)13-10(8)16/h3,8H,1,4-5H2,2H3,(H,13,15,16). The third-order valence-corrected chi connectivity index (χ3v) is 3.12. The summed E-state index contributed by atoms with van der Waals surface area (Å²) in [5, 5.41) is 2.13. The van der Waals surface area contributed by atoms with Gasteiger partial charge in [-0.2, -0.15) is 0 Å². The van der Waals surface area contributed by atoms with Crippen molar-refractivity contribution >= 4 is 23.6 Å². The maximum Gasteiger partial charge on any atom is 0.261 e. The number of hydrogen-bond acceptors (Lipinski definition) is 4. The van der Waals surface area contributed by atoms with Gasteiger partial charge < -0.3 is 0 Å². The predicted molar refractivity (Wildman–Crippen MR) is 60.9 cm³/mol. The summed E-state index contributed by atoms with van der Waals surface area (Å²) in [5.41, 5.74) is 0.490. The van der Waals surface area contributed by atoms with E-state index < -0.39 is 23.8 Å². The molecule has 1 fully saturated rings. The van der Waals surface area contributed by atoms with Crippen molar-refractivity contribution in [1.29, 1.82) is 0 Å². The number of imide groups is 2. The number of piperidine rings is 1. The second kappa shape index (κ2) is 4.21. The van der Waals surface area contributed by atoms with Gasteiger partial charge in [-0.15, -0.1) is 0 Å². The van der Waals surface area contributed by atoms with Crippen molar-refractivity contribution in [2.45, 2.75) is 25.8 Å². The SMILES string of the molecule is C=CC1=C(C)C(=O)N(C2CCC(=O)NC2=O)C1=O. The van der Waals surface area contributed by atoms with Gasteiger partial charge in [0.25, 0.3) is 11.8 Å². The molecule has 1 unspecified atom stereocenters. The highest BCUT2D eigenvalue weighted by molar-refractivity contribution is 6.22. The summed E-state index contributed by atoms with van der Waals surface area (Å²) < 4.78 is 0. The van der Waals surface area contributed by atoms with Gasteiger partial charge in [0.15, 0.2) is 0 Å². The van der Waals surface area contributed by atoms with Gasteiger partial charge in [-0.3, -0.25) is 29.4 Å². The highest BCUT2D eigenvalue weighted by atomic mass is 16.2. The molecule has 0 saturated carbocycles. The van der Waals surface area contributed by atoms with Crippen LogP contribution in [0.3, 0.4) is 0 Å². The third-order valence-electron chi connectivity index (χ3n) is 3.12. The molecule has 2 aliphatic heterocycles. The lowest BCUT2D eigenvalue weighted by atomic mass is 10.0. The number of carbonyl (C=O) groups is 4. The zero-order chi connectivity index (χ0) is 13.4. The third kappa shape index (κ3) is 1.66. The number of nitrogens with zero attached hydrogens (tertiary/aromatic N) is 1. The summed E-state index contributed by atoms with van der Waals surface area (Å²) >= 11 is 0. The van der Waals surface area contributed by atoms with Crippen LogP contribution in [0.5, 0.6) is 0 Å². The van der Waals surface area contributed by atoms with Crippen LogP contribution < -0.4 is 5.32 Å². The van der Waals surface area contributed by atoms with Gasteiger partial charge in [0.2, 0.25) is 11.8 Å². The van der Waals surface area contributed by atoms with Gasteiger partial charge in [-0.25, -0.2) is 0 Å². The summed E-state index contributed by atoms with van der Waals surface area (Å²) in [7, 11) is 0. The molecule has 94 valence electrons. The molecule has 0 aromatic rings. The van der Waals surface area contributed by atoms with E-state index in [2.05, 4.69) is 11.9 Å². The van der Waals surface area contributed by atoms with Gasteiger partial charge >= 0.3 is 0 Å². The largest absolute Gasteiger partial charge is 0.295 e. The molecule has 1 N–H and O–H groups in total. The van der Waals surface area contributed by atoms with Gasteiger partial charge in [0, 0.05) is 17.6 Å². The summed E-state index contributed by atoms with van der Waals surface area (Å²) in [6.07, 6.45) is 1.59. The highest BCUT2D eigenvalue weighted by Crippen LogP contribution is 2.26. The van der Waals surface area contributed by atoms with Crippen LogP contribution in [0.25, 0.3) is 0 Å². The second-order valence-electron chi connectivity index (χ2n) is 4.19. The van der Waals surface area contributed by atoms with Crippen LogP contribution in [0.2, 0.25) is 0 Å². The summed E-state index contributed by atoms with van der Waals surface area (Å²) in [6, 6.07) is -0.907. The average Bonchev–Trinajstić information content (AvgIpc) is 2.52. The molecule has 18 heavy (non-hydrogen) atoms. The van der Waals surface area contributed by atoms with Gasteiger partial charge in [-0.05, 0) is 13.3 Å². The zero-order valence-corrected chi connectivity index (χ0v) is 9.86. The van der Waals surface area contributed by atoms with Crippen LogP contribution in [0.4, 0.5) is 0 Å². The molecule has 0 radical (unpaired) electrons. The van der Waals surface area contributed by atoms with E-state index in [1.54, 1.807) is 0 Å². The molecule has 2 rings (SSSR count). The van der Waals surface area contributed by atoms with Crippen LogP contribution >= 0.6 is 0 Å². The molecule has 6 heteroatoms. The van der Waals surface area contributed by atoms with E-state index in [4.69, 9.17) is 0 Å². The van der Waals surface area contributed by atoms with E-state index in [1.807, 2.05) is 0 Å². The first-order chi connectivity index (χ1) is 8.47. The maximum absolute atomic E-state index is 12.0. The molecule has 2 aliphatic rings. The van der Waals surface area contributed by atoms with E-state index in [0.29, 0.717) is 0 Å². The minimum absolute atomic E-state index is 0.121. The molecule has 1 atom stereocenters. The fraction of sp³-hybridized carbons (Fsp3) is 0.333. The van der Waals surface area contributed by atoms with E-state index in [-0.39, 0.29) is 29.9 Å². The Bertz CT molecular complexity index is 518. The van der Waals surface area contributed by atoms with E-state index >= 15 is 0 Å². The molecular formula is C12H12N2O4. The van der Waals surface area contributed by atoms with Crippen molar-refractivity contribution in [2.75, 3.05) is 0 Å². The number of carbonyl (C=O) groups excluding carboxylic acids is 4. The lowest BCUT2D eigenvalue weighted by Crippen LogP contribution is -2.54. The Morgan fingerprint density at radius 1 is 1.28 bits per heavy atom. The van der Waals surface area contributed by atoms with Gasteiger partial charge in [0.1, 0.15) is 6.04 Å². The van der Waals surface area contributed by atoms with Crippen LogP contribution in [-0.2, 0) is 19.2 Å². The first kappa shape index (κ1) is 12.2. The van der Waals surface area contributed by atoms with Crippen LogP contribution in [-0.4, -0.2) is 34.6 Å². The second-order valence-corrected chi connectivity index (χ2v) is 4.19. The minimum atomic E-state index is -0.907. The van der Waals surface area contributed by atoms with Crippen molar-refractivity contribution < 1.29 is 19.2 Å². The monoisotopic (exact) mass is 248 g/mol. The number of nitrogens with one attached hydrogen (secondary N) is 1. The minimum Gasteiger partial charge on any atom is -0.295 e. The molecule has 6 nitrogen and oxygen atoms in total. The Hall–Kier alpha value is -2.24. The van der Waals surface area contributed by atoms with E-state index in [9.17, 15) is 19.2 Å². The Kier molecular flexibility index (Phi) is 2.86. The summed E-state index contributed by atoms with van der Waals surface area (Å²) in [6.45, 7) is 4.99. The molecule has 1 saturated heterocycles. The van der Waals surface area contributed by atoms with Gasteiger partial charge in [-0.1, -0.05) is 12.7 Å². The number of rotatable bonds is 2. The molecule has 4 amide bonds. The van der Waals surface area contributed by atoms with Crippen LogP contribution in [0.1, 0.15) is 19.8 Å². The van der Waals surface area contributed by atoms with Crippen molar-refractivity contribution in [1.82, 2.24) is 10.2 Å². The van der Waals surface area contributed by atoms with Crippen molar-refractivity contribution in [3.05, 3.63) is 23.8 Å². The first-order valence-corrected chi connectivity index (χ1v) is 5.52. The Morgan fingerprint density at radius 2 is 1.94 bits per heavy atom. The van der Waals surface area contributed by atoms with Crippen molar-refractivity contribution in [3.63, 3.8) is 0 Å². The van der Waals surface area contributed by atoms with E-state index in [1.165, 1.54) is 13.0 Å².